The Morgan fingerprint density at radius 1 is 1.16 bits per heavy atom. The van der Waals surface area contributed by atoms with Crippen LogP contribution in [0.15, 0.2) is 42.7 Å². The summed E-state index contributed by atoms with van der Waals surface area (Å²) in [5, 5.41) is 3.16. The van der Waals surface area contributed by atoms with E-state index in [9.17, 15) is 9.59 Å². The van der Waals surface area contributed by atoms with Crippen LogP contribution in [-0.4, -0.2) is 48.3 Å². The number of nitrogens with one attached hydrogen (secondary N) is 1. The number of rotatable bonds is 10. The summed E-state index contributed by atoms with van der Waals surface area (Å²) in [4.78, 5) is 31.3. The lowest BCUT2D eigenvalue weighted by molar-refractivity contribution is -0.122. The number of carbonyl (C=O) groups is 2. The van der Waals surface area contributed by atoms with Crippen LogP contribution in [0.4, 0.5) is 0 Å². The van der Waals surface area contributed by atoms with E-state index < -0.39 is 0 Å². The number of aryl methyl sites for hydroxylation is 1. The molecule has 5 nitrogen and oxygen atoms in total. The standard InChI is InChI=1S/C27H39N3O2/c1-8-25(31)21-12-11-20(19(2)14-21)15-23(30(6)7)18-29-26(32)16-24(27(3,4)5)22-10-9-13-28-17-22/h9-14,17,23-24H,8,15-16,18H2,1-7H3,(H,29,32)/t23-,24-/m0/s1. The Morgan fingerprint density at radius 2 is 1.88 bits per heavy atom. The average Bonchev–Trinajstić information content (AvgIpc) is 2.74. The fourth-order valence-corrected chi connectivity index (χ4v) is 3.99. The second-order valence-corrected chi connectivity index (χ2v) is 9.95. The van der Waals surface area contributed by atoms with Crippen LogP contribution in [0.3, 0.4) is 0 Å². The van der Waals surface area contributed by atoms with E-state index in [1.807, 2.05) is 45.4 Å². The minimum atomic E-state index is -0.0455. The molecule has 0 bridgehead atoms. The van der Waals surface area contributed by atoms with Gasteiger partial charge in [-0.25, -0.2) is 0 Å². The van der Waals surface area contributed by atoms with Crippen molar-refractivity contribution >= 4 is 11.7 Å². The minimum absolute atomic E-state index is 0.0455. The Balaban J connectivity index is 2.04. The van der Waals surface area contributed by atoms with Gasteiger partial charge in [0.1, 0.15) is 0 Å². The summed E-state index contributed by atoms with van der Waals surface area (Å²) >= 11 is 0. The van der Waals surface area contributed by atoms with Gasteiger partial charge in [-0.05, 0) is 67.6 Å². The molecule has 2 aromatic rings. The van der Waals surface area contributed by atoms with E-state index in [4.69, 9.17) is 0 Å². The highest BCUT2D eigenvalue weighted by Crippen LogP contribution is 2.37. The third-order valence-electron chi connectivity index (χ3n) is 6.23. The predicted octanol–water partition coefficient (Wildman–Crippen LogP) is 4.79. The largest absolute Gasteiger partial charge is 0.355 e. The molecule has 5 heteroatoms. The highest BCUT2D eigenvalue weighted by atomic mass is 16.1. The molecular weight excluding hydrogens is 398 g/mol. The normalized spacial score (nSPS) is 13.6. The molecule has 1 amide bonds. The molecular formula is C27H39N3O2. The van der Waals surface area contributed by atoms with E-state index in [-0.39, 0.29) is 29.1 Å². The van der Waals surface area contributed by atoms with Crippen LogP contribution in [-0.2, 0) is 11.2 Å². The Hall–Kier alpha value is -2.53. The van der Waals surface area contributed by atoms with Crippen LogP contribution in [0.5, 0.6) is 0 Å². The molecule has 1 N–H and O–H groups in total. The number of Topliss-reactive ketones (excluding diaryl/α,β-unsaturated/α-hetero) is 1. The van der Waals surface area contributed by atoms with Crippen molar-refractivity contribution in [1.29, 1.82) is 0 Å². The number of nitrogens with zero attached hydrogens (tertiary/aromatic N) is 2. The van der Waals surface area contributed by atoms with Gasteiger partial charge in [-0.1, -0.05) is 45.9 Å². The number of pyridine rings is 1. The third kappa shape index (κ3) is 7.27. The third-order valence-corrected chi connectivity index (χ3v) is 6.23. The van der Waals surface area contributed by atoms with E-state index in [0.29, 0.717) is 19.4 Å². The second kappa shape index (κ2) is 11.4. The molecule has 0 radical (unpaired) electrons. The molecule has 1 aromatic carbocycles. The molecule has 32 heavy (non-hydrogen) atoms. The first-order valence-electron chi connectivity index (χ1n) is 11.5. The van der Waals surface area contributed by atoms with Crippen LogP contribution < -0.4 is 5.32 Å². The Morgan fingerprint density at radius 3 is 2.41 bits per heavy atom. The lowest BCUT2D eigenvalue weighted by Crippen LogP contribution is -2.42. The summed E-state index contributed by atoms with van der Waals surface area (Å²) in [5.41, 5.74) is 4.14. The molecule has 0 aliphatic heterocycles. The number of aromatic nitrogens is 1. The van der Waals surface area contributed by atoms with Gasteiger partial charge < -0.3 is 10.2 Å². The first-order valence-corrected chi connectivity index (χ1v) is 11.5. The average molecular weight is 438 g/mol. The Bertz CT molecular complexity index is 901. The first kappa shape index (κ1) is 25.7. The van der Waals surface area contributed by atoms with Crippen molar-refractivity contribution in [2.75, 3.05) is 20.6 Å². The van der Waals surface area contributed by atoms with E-state index in [1.54, 1.807) is 6.20 Å². The van der Waals surface area contributed by atoms with Crippen molar-refractivity contribution in [1.82, 2.24) is 15.2 Å². The maximum atomic E-state index is 12.9. The smallest absolute Gasteiger partial charge is 0.220 e. The highest BCUT2D eigenvalue weighted by molar-refractivity contribution is 5.96. The van der Waals surface area contributed by atoms with Crippen molar-refractivity contribution in [2.24, 2.45) is 5.41 Å². The molecule has 0 saturated heterocycles. The van der Waals surface area contributed by atoms with Crippen LogP contribution in [0.25, 0.3) is 0 Å². The topological polar surface area (TPSA) is 62.3 Å². The van der Waals surface area contributed by atoms with Gasteiger partial charge in [-0.3, -0.25) is 14.6 Å². The van der Waals surface area contributed by atoms with E-state index >= 15 is 0 Å². The molecule has 1 aromatic heterocycles. The molecule has 0 aliphatic rings. The van der Waals surface area contributed by atoms with Crippen molar-refractivity contribution in [3.05, 3.63) is 65.0 Å². The van der Waals surface area contributed by atoms with E-state index in [0.717, 1.165) is 23.1 Å². The van der Waals surface area contributed by atoms with Crippen molar-refractivity contribution in [3.63, 3.8) is 0 Å². The summed E-state index contributed by atoms with van der Waals surface area (Å²) in [5.74, 6) is 0.319. The molecule has 2 atom stereocenters. The summed E-state index contributed by atoms with van der Waals surface area (Å²) in [6.07, 6.45) is 5.38. The van der Waals surface area contributed by atoms with Crippen LogP contribution >= 0.6 is 0 Å². The maximum absolute atomic E-state index is 12.9. The Kier molecular flexibility index (Phi) is 9.14. The SMILES string of the molecule is CCC(=O)c1ccc(C[C@@H](CNC(=O)C[C@@H](c2cccnc2)C(C)(C)C)N(C)C)c(C)c1. The van der Waals surface area contributed by atoms with Gasteiger partial charge in [0.25, 0.3) is 0 Å². The number of hydrogen-bond acceptors (Lipinski definition) is 4. The molecule has 0 fully saturated rings. The predicted molar refractivity (Wildman–Crippen MR) is 131 cm³/mol. The minimum Gasteiger partial charge on any atom is -0.355 e. The number of likely N-dealkylation sites (N-methyl/N-ethyl adjacent to an activating group) is 1. The van der Waals surface area contributed by atoms with Crippen molar-refractivity contribution in [3.8, 4) is 0 Å². The Labute approximate surface area is 193 Å². The second-order valence-electron chi connectivity index (χ2n) is 9.95. The summed E-state index contributed by atoms with van der Waals surface area (Å²) in [6.45, 7) is 11.0. The van der Waals surface area contributed by atoms with Crippen LogP contribution in [0, 0.1) is 12.3 Å². The molecule has 174 valence electrons. The molecule has 1 heterocycles. The number of ketones is 1. The summed E-state index contributed by atoms with van der Waals surface area (Å²) < 4.78 is 0. The fraction of sp³-hybridized carbons (Fsp3) is 0.519. The van der Waals surface area contributed by atoms with Gasteiger partial charge in [-0.2, -0.15) is 0 Å². The van der Waals surface area contributed by atoms with Gasteiger partial charge in [-0.15, -0.1) is 0 Å². The zero-order chi connectivity index (χ0) is 23.9. The van der Waals surface area contributed by atoms with Gasteiger partial charge in [0, 0.05) is 43.4 Å². The van der Waals surface area contributed by atoms with Gasteiger partial charge >= 0.3 is 0 Å². The van der Waals surface area contributed by atoms with Crippen LogP contribution in [0.2, 0.25) is 0 Å². The molecule has 0 spiro atoms. The highest BCUT2D eigenvalue weighted by Gasteiger charge is 2.29. The molecule has 0 saturated carbocycles. The molecule has 2 rings (SSSR count). The monoisotopic (exact) mass is 437 g/mol. The molecule has 0 aliphatic carbocycles. The van der Waals surface area contributed by atoms with Crippen molar-refractivity contribution in [2.45, 2.75) is 65.8 Å². The van der Waals surface area contributed by atoms with Gasteiger partial charge in [0.2, 0.25) is 5.91 Å². The van der Waals surface area contributed by atoms with Crippen molar-refractivity contribution < 1.29 is 9.59 Å². The zero-order valence-corrected chi connectivity index (χ0v) is 20.7. The van der Waals surface area contributed by atoms with Gasteiger partial charge in [0.15, 0.2) is 5.78 Å². The lowest BCUT2D eigenvalue weighted by Gasteiger charge is -2.31. The van der Waals surface area contributed by atoms with E-state index in [1.165, 1.54) is 5.56 Å². The summed E-state index contributed by atoms with van der Waals surface area (Å²) in [7, 11) is 4.07. The quantitative estimate of drug-likeness (QED) is 0.543. The maximum Gasteiger partial charge on any atom is 0.220 e. The number of amides is 1. The lowest BCUT2D eigenvalue weighted by atomic mass is 9.75. The summed E-state index contributed by atoms with van der Waals surface area (Å²) in [6, 6.07) is 10.1. The number of carbonyl (C=O) groups excluding carboxylic acids is 2. The first-order chi connectivity index (χ1) is 15.0. The number of hydrogen-bond donors (Lipinski definition) is 1. The van der Waals surface area contributed by atoms with Crippen LogP contribution in [0.1, 0.15) is 73.5 Å². The van der Waals surface area contributed by atoms with Gasteiger partial charge in [0.05, 0.1) is 0 Å². The van der Waals surface area contributed by atoms with E-state index in [2.05, 4.69) is 55.0 Å². The molecule has 0 unspecified atom stereocenters. The zero-order valence-electron chi connectivity index (χ0n) is 20.7. The fourth-order valence-electron chi connectivity index (χ4n) is 3.99. The number of benzene rings is 1.